The number of carbonyl (C=O) groups excluding carboxylic acids is 1. The van der Waals surface area contributed by atoms with Crippen LogP contribution in [0.2, 0.25) is 0 Å². The van der Waals surface area contributed by atoms with Crippen LogP contribution in [0.1, 0.15) is 5.56 Å². The molecular formula is C25H28FN5O2S. The summed E-state index contributed by atoms with van der Waals surface area (Å²) in [5.41, 5.74) is 2.09. The Morgan fingerprint density at radius 2 is 1.79 bits per heavy atom. The van der Waals surface area contributed by atoms with Crippen molar-refractivity contribution >= 4 is 29.2 Å². The van der Waals surface area contributed by atoms with Gasteiger partial charge in [0.05, 0.1) is 12.9 Å². The smallest absolute Gasteiger partial charge is 0.230 e. The first-order valence-corrected chi connectivity index (χ1v) is 12.2. The van der Waals surface area contributed by atoms with Crippen LogP contribution in [0.25, 0.3) is 0 Å². The van der Waals surface area contributed by atoms with Crippen molar-refractivity contribution in [3.05, 3.63) is 72.3 Å². The second-order valence-corrected chi connectivity index (χ2v) is 8.86. The number of halogens is 1. The second-order valence-electron chi connectivity index (χ2n) is 7.87. The topological polar surface area (TPSA) is 70.6 Å². The zero-order valence-electron chi connectivity index (χ0n) is 19.1. The van der Waals surface area contributed by atoms with E-state index in [-0.39, 0.29) is 11.7 Å². The standard InChI is InChI=1S/C25H28FN5O2S/c1-33-22-5-3-2-4-19(22)10-11-27-24(32)17-34-25-16-23(28-18-29-25)31-14-12-30(13-15-31)21-8-6-20(26)7-9-21/h2-9,16,18H,10-15,17H2,1H3,(H,27,32). The summed E-state index contributed by atoms with van der Waals surface area (Å²) < 4.78 is 18.5. The van der Waals surface area contributed by atoms with E-state index in [0.717, 1.165) is 54.0 Å². The van der Waals surface area contributed by atoms with Gasteiger partial charge in [0.15, 0.2) is 0 Å². The number of carbonyl (C=O) groups is 1. The molecule has 7 nitrogen and oxygen atoms in total. The molecule has 0 atom stereocenters. The second kappa shape index (κ2) is 11.7. The molecule has 34 heavy (non-hydrogen) atoms. The third-order valence-corrected chi connectivity index (χ3v) is 6.61. The van der Waals surface area contributed by atoms with Crippen LogP contribution in [0.5, 0.6) is 5.75 Å². The van der Waals surface area contributed by atoms with Crippen molar-refractivity contribution in [1.82, 2.24) is 15.3 Å². The molecule has 1 amide bonds. The quantitative estimate of drug-likeness (QED) is 0.371. The number of nitrogens with zero attached hydrogens (tertiary/aromatic N) is 4. The number of rotatable bonds is 9. The summed E-state index contributed by atoms with van der Waals surface area (Å²) in [7, 11) is 1.65. The Balaban J connectivity index is 1.23. The van der Waals surface area contributed by atoms with Crippen LogP contribution in [-0.4, -0.2) is 61.5 Å². The molecule has 2 heterocycles. The normalized spacial score (nSPS) is 13.6. The lowest BCUT2D eigenvalue weighted by Crippen LogP contribution is -2.46. The summed E-state index contributed by atoms with van der Waals surface area (Å²) in [6.07, 6.45) is 2.26. The SMILES string of the molecule is COc1ccccc1CCNC(=O)CSc1cc(N2CCN(c3ccc(F)cc3)CC2)ncn1. The molecule has 1 fully saturated rings. The summed E-state index contributed by atoms with van der Waals surface area (Å²) in [6, 6.07) is 16.3. The van der Waals surface area contributed by atoms with Gasteiger partial charge in [0.1, 0.15) is 28.7 Å². The number of ether oxygens (including phenoxy) is 1. The largest absolute Gasteiger partial charge is 0.496 e. The van der Waals surface area contributed by atoms with Gasteiger partial charge >= 0.3 is 0 Å². The number of thioether (sulfide) groups is 1. The predicted molar refractivity (Wildman–Crippen MR) is 133 cm³/mol. The number of piperazine rings is 1. The molecule has 9 heteroatoms. The van der Waals surface area contributed by atoms with Gasteiger partial charge in [0, 0.05) is 44.5 Å². The molecule has 1 N–H and O–H groups in total. The molecule has 3 aromatic rings. The average molecular weight is 482 g/mol. The highest BCUT2D eigenvalue weighted by Gasteiger charge is 2.19. The molecule has 1 saturated heterocycles. The van der Waals surface area contributed by atoms with Crippen LogP contribution in [0.4, 0.5) is 15.9 Å². The van der Waals surface area contributed by atoms with Gasteiger partial charge in [-0.25, -0.2) is 14.4 Å². The number of aromatic nitrogens is 2. The average Bonchev–Trinajstić information content (AvgIpc) is 2.88. The van der Waals surface area contributed by atoms with E-state index in [2.05, 4.69) is 25.1 Å². The first-order valence-electron chi connectivity index (χ1n) is 11.2. The van der Waals surface area contributed by atoms with Gasteiger partial charge in [0.2, 0.25) is 5.91 Å². The Morgan fingerprint density at radius 1 is 1.06 bits per heavy atom. The van der Waals surface area contributed by atoms with E-state index in [0.29, 0.717) is 18.7 Å². The predicted octanol–water partition coefficient (Wildman–Crippen LogP) is 3.40. The number of hydrogen-bond donors (Lipinski definition) is 1. The first-order chi connectivity index (χ1) is 16.6. The highest BCUT2D eigenvalue weighted by atomic mass is 32.2. The molecule has 1 aromatic heterocycles. The van der Waals surface area contributed by atoms with E-state index in [1.807, 2.05) is 42.5 Å². The fraction of sp³-hybridized carbons (Fsp3) is 0.320. The molecule has 0 aliphatic carbocycles. The van der Waals surface area contributed by atoms with E-state index >= 15 is 0 Å². The molecule has 1 aliphatic rings. The number of hydrogen-bond acceptors (Lipinski definition) is 7. The van der Waals surface area contributed by atoms with Crippen LogP contribution < -0.4 is 19.9 Å². The lowest BCUT2D eigenvalue weighted by atomic mass is 10.1. The Hall–Kier alpha value is -3.33. The molecule has 178 valence electrons. The number of methoxy groups -OCH3 is 1. The lowest BCUT2D eigenvalue weighted by Gasteiger charge is -2.36. The number of nitrogens with one attached hydrogen (secondary N) is 1. The summed E-state index contributed by atoms with van der Waals surface area (Å²) in [5, 5.41) is 3.73. The minimum Gasteiger partial charge on any atom is -0.496 e. The summed E-state index contributed by atoms with van der Waals surface area (Å²) in [4.78, 5) is 25.5. The molecule has 2 aromatic carbocycles. The third-order valence-electron chi connectivity index (χ3n) is 5.68. The van der Waals surface area contributed by atoms with Crippen LogP contribution in [0.15, 0.2) is 66.0 Å². The van der Waals surface area contributed by atoms with Crippen LogP contribution in [0.3, 0.4) is 0 Å². The van der Waals surface area contributed by atoms with Gasteiger partial charge in [-0.15, -0.1) is 0 Å². The van der Waals surface area contributed by atoms with E-state index in [1.165, 1.54) is 23.9 Å². The molecular weight excluding hydrogens is 453 g/mol. The van der Waals surface area contributed by atoms with E-state index in [1.54, 1.807) is 13.4 Å². The van der Waals surface area contributed by atoms with Crippen molar-refractivity contribution < 1.29 is 13.9 Å². The maximum Gasteiger partial charge on any atom is 0.230 e. The maximum absolute atomic E-state index is 13.2. The Kier molecular flexibility index (Phi) is 8.19. The van der Waals surface area contributed by atoms with Crippen molar-refractivity contribution in [1.29, 1.82) is 0 Å². The van der Waals surface area contributed by atoms with Crippen molar-refractivity contribution in [2.24, 2.45) is 0 Å². The minimum absolute atomic E-state index is 0.0343. The van der Waals surface area contributed by atoms with Crippen molar-refractivity contribution in [3.8, 4) is 5.75 Å². The van der Waals surface area contributed by atoms with E-state index in [9.17, 15) is 9.18 Å². The maximum atomic E-state index is 13.2. The molecule has 0 bridgehead atoms. The Bertz CT molecular complexity index is 1090. The number of para-hydroxylation sites is 1. The fourth-order valence-corrected chi connectivity index (χ4v) is 4.56. The van der Waals surface area contributed by atoms with Gasteiger partial charge in [0.25, 0.3) is 0 Å². The Morgan fingerprint density at radius 3 is 2.56 bits per heavy atom. The fourth-order valence-electron chi connectivity index (χ4n) is 3.86. The van der Waals surface area contributed by atoms with E-state index in [4.69, 9.17) is 4.74 Å². The highest BCUT2D eigenvalue weighted by molar-refractivity contribution is 7.99. The summed E-state index contributed by atoms with van der Waals surface area (Å²) >= 11 is 1.40. The van der Waals surface area contributed by atoms with Crippen molar-refractivity contribution in [2.75, 3.05) is 55.4 Å². The Labute approximate surface area is 203 Å². The van der Waals surface area contributed by atoms with Crippen LogP contribution in [0, 0.1) is 5.82 Å². The van der Waals surface area contributed by atoms with Gasteiger partial charge < -0.3 is 19.9 Å². The molecule has 1 aliphatic heterocycles. The van der Waals surface area contributed by atoms with Crippen LogP contribution >= 0.6 is 11.8 Å². The van der Waals surface area contributed by atoms with E-state index < -0.39 is 0 Å². The van der Waals surface area contributed by atoms with Crippen LogP contribution in [-0.2, 0) is 11.2 Å². The van der Waals surface area contributed by atoms with Gasteiger partial charge in [-0.2, -0.15) is 0 Å². The molecule has 0 saturated carbocycles. The summed E-state index contributed by atoms with van der Waals surface area (Å²) in [5.74, 6) is 1.72. The number of amides is 1. The number of benzene rings is 2. The monoisotopic (exact) mass is 481 g/mol. The van der Waals surface area contributed by atoms with Gasteiger partial charge in [-0.3, -0.25) is 4.79 Å². The molecule has 0 radical (unpaired) electrons. The highest BCUT2D eigenvalue weighted by Crippen LogP contribution is 2.23. The number of anilines is 2. The summed E-state index contributed by atoms with van der Waals surface area (Å²) in [6.45, 7) is 3.82. The minimum atomic E-state index is -0.224. The third kappa shape index (κ3) is 6.38. The zero-order chi connectivity index (χ0) is 23.8. The molecule has 0 spiro atoms. The van der Waals surface area contributed by atoms with Crippen molar-refractivity contribution in [2.45, 2.75) is 11.4 Å². The van der Waals surface area contributed by atoms with Gasteiger partial charge in [-0.1, -0.05) is 30.0 Å². The van der Waals surface area contributed by atoms with Gasteiger partial charge in [-0.05, 0) is 42.3 Å². The molecule has 0 unspecified atom stereocenters. The first kappa shape index (κ1) is 23.8. The molecule has 4 rings (SSSR count). The zero-order valence-corrected chi connectivity index (χ0v) is 19.9. The lowest BCUT2D eigenvalue weighted by molar-refractivity contribution is -0.118. The van der Waals surface area contributed by atoms with Crippen molar-refractivity contribution in [3.63, 3.8) is 0 Å².